The van der Waals surface area contributed by atoms with Crippen LogP contribution < -0.4 is 5.32 Å². The molecule has 3 rings (SSSR count). The van der Waals surface area contributed by atoms with Gasteiger partial charge in [0, 0.05) is 24.8 Å². The fourth-order valence-electron chi connectivity index (χ4n) is 2.48. The van der Waals surface area contributed by atoms with Gasteiger partial charge in [0.05, 0.1) is 0 Å². The Morgan fingerprint density at radius 1 is 1.33 bits per heavy atom. The second-order valence-electron chi connectivity index (χ2n) is 4.93. The molecule has 0 unspecified atom stereocenters. The molecule has 0 atom stereocenters. The van der Waals surface area contributed by atoms with Crippen molar-refractivity contribution in [2.75, 3.05) is 11.9 Å². The smallest absolute Gasteiger partial charge is 0.151 e. The molecule has 0 spiro atoms. The molecule has 2 aliphatic rings. The van der Waals surface area contributed by atoms with Gasteiger partial charge in [0.1, 0.15) is 0 Å². The number of aryl methyl sites for hydroxylation is 1. The van der Waals surface area contributed by atoms with Gasteiger partial charge in [0.15, 0.2) is 5.82 Å². The molecule has 0 radical (unpaired) electrons. The zero-order chi connectivity index (χ0) is 10.3. The maximum Gasteiger partial charge on any atom is 0.151 e. The molecular formula is C12H19N3. The molecule has 1 N–H and O–H groups in total. The van der Waals surface area contributed by atoms with E-state index in [4.69, 9.17) is 0 Å². The number of fused-ring (bicyclic) bond motifs is 1. The van der Waals surface area contributed by atoms with Crippen molar-refractivity contribution in [3.8, 4) is 0 Å². The van der Waals surface area contributed by atoms with Crippen LogP contribution in [0.2, 0.25) is 0 Å². The Balaban J connectivity index is 1.79. The Kier molecular flexibility index (Phi) is 2.19. The van der Waals surface area contributed by atoms with Crippen LogP contribution in [0.1, 0.15) is 36.9 Å². The minimum absolute atomic E-state index is 0.922. The van der Waals surface area contributed by atoms with E-state index in [1.165, 1.54) is 55.6 Å². The van der Waals surface area contributed by atoms with Crippen molar-refractivity contribution in [2.45, 2.75) is 38.5 Å². The lowest BCUT2D eigenvalue weighted by Gasteiger charge is -2.12. The van der Waals surface area contributed by atoms with Crippen LogP contribution in [0.15, 0.2) is 0 Å². The van der Waals surface area contributed by atoms with Crippen LogP contribution >= 0.6 is 0 Å². The molecule has 82 valence electrons. The molecule has 1 aromatic rings. The van der Waals surface area contributed by atoms with Gasteiger partial charge >= 0.3 is 0 Å². The molecule has 2 aliphatic carbocycles. The molecular weight excluding hydrogens is 186 g/mol. The summed E-state index contributed by atoms with van der Waals surface area (Å²) >= 11 is 0. The lowest BCUT2D eigenvalue weighted by atomic mass is 9.97. The van der Waals surface area contributed by atoms with Crippen LogP contribution in [0.5, 0.6) is 0 Å². The lowest BCUT2D eigenvalue weighted by molar-refractivity contribution is 0.626. The van der Waals surface area contributed by atoms with Crippen LogP contribution in [-0.2, 0) is 19.9 Å². The molecule has 3 nitrogen and oxygen atoms in total. The van der Waals surface area contributed by atoms with Crippen molar-refractivity contribution in [3.05, 3.63) is 11.3 Å². The van der Waals surface area contributed by atoms with E-state index in [1.807, 2.05) is 0 Å². The first-order valence-corrected chi connectivity index (χ1v) is 6.13. The summed E-state index contributed by atoms with van der Waals surface area (Å²) < 4.78 is 2.07. The van der Waals surface area contributed by atoms with Gasteiger partial charge in [-0.15, -0.1) is 0 Å². The number of nitrogens with one attached hydrogen (secondary N) is 1. The van der Waals surface area contributed by atoms with Gasteiger partial charge in [-0.05, 0) is 44.4 Å². The monoisotopic (exact) mass is 205 g/mol. The highest BCUT2D eigenvalue weighted by atomic mass is 15.3. The van der Waals surface area contributed by atoms with E-state index >= 15 is 0 Å². The maximum atomic E-state index is 4.60. The standard InChI is InChI=1S/C12H19N3/c1-15-11-5-3-2-4-10(11)12(14-15)13-8-9-6-7-9/h9H,2-8H2,1H3,(H,13,14). The summed E-state index contributed by atoms with van der Waals surface area (Å²) in [5.74, 6) is 2.09. The second kappa shape index (κ2) is 3.54. The molecule has 1 fully saturated rings. The molecule has 1 aromatic heterocycles. The summed E-state index contributed by atoms with van der Waals surface area (Å²) in [6.45, 7) is 1.13. The van der Waals surface area contributed by atoms with Gasteiger partial charge in [0.2, 0.25) is 0 Å². The van der Waals surface area contributed by atoms with E-state index in [9.17, 15) is 0 Å². The van der Waals surface area contributed by atoms with Crippen LogP contribution in [-0.4, -0.2) is 16.3 Å². The maximum absolute atomic E-state index is 4.60. The van der Waals surface area contributed by atoms with E-state index in [2.05, 4.69) is 22.1 Å². The third-order valence-corrected chi connectivity index (χ3v) is 3.62. The summed E-state index contributed by atoms with van der Waals surface area (Å²) in [6, 6.07) is 0. The van der Waals surface area contributed by atoms with E-state index < -0.39 is 0 Å². The normalized spacial score (nSPS) is 20.1. The number of nitrogens with zero attached hydrogens (tertiary/aromatic N) is 2. The predicted octanol–water partition coefficient (Wildman–Crippen LogP) is 2.12. The van der Waals surface area contributed by atoms with E-state index in [0.717, 1.165) is 12.5 Å². The number of anilines is 1. The highest BCUT2D eigenvalue weighted by molar-refractivity contribution is 5.48. The molecule has 0 saturated heterocycles. The van der Waals surface area contributed by atoms with Crippen molar-refractivity contribution in [1.82, 2.24) is 9.78 Å². The van der Waals surface area contributed by atoms with Gasteiger partial charge in [0.25, 0.3) is 0 Å². The van der Waals surface area contributed by atoms with Crippen LogP contribution in [0, 0.1) is 5.92 Å². The molecule has 0 amide bonds. The molecule has 0 aromatic carbocycles. The van der Waals surface area contributed by atoms with Gasteiger partial charge in [-0.3, -0.25) is 4.68 Å². The highest BCUT2D eigenvalue weighted by Crippen LogP contribution is 2.31. The Bertz CT molecular complexity index is 363. The first-order chi connectivity index (χ1) is 7.34. The minimum Gasteiger partial charge on any atom is -0.368 e. The summed E-state index contributed by atoms with van der Waals surface area (Å²) in [5.41, 5.74) is 2.95. The molecule has 1 saturated carbocycles. The predicted molar refractivity (Wildman–Crippen MR) is 61.1 cm³/mol. The second-order valence-corrected chi connectivity index (χ2v) is 4.93. The van der Waals surface area contributed by atoms with E-state index in [1.54, 1.807) is 0 Å². The van der Waals surface area contributed by atoms with E-state index in [-0.39, 0.29) is 0 Å². The van der Waals surface area contributed by atoms with Gasteiger partial charge < -0.3 is 5.32 Å². The van der Waals surface area contributed by atoms with Crippen LogP contribution in [0.4, 0.5) is 5.82 Å². The van der Waals surface area contributed by atoms with Crippen molar-refractivity contribution in [1.29, 1.82) is 0 Å². The quantitative estimate of drug-likeness (QED) is 0.819. The summed E-state index contributed by atoms with van der Waals surface area (Å²) in [4.78, 5) is 0. The van der Waals surface area contributed by atoms with Gasteiger partial charge in [-0.25, -0.2) is 0 Å². The van der Waals surface area contributed by atoms with Gasteiger partial charge in [-0.2, -0.15) is 5.10 Å². The first kappa shape index (κ1) is 9.25. The average molecular weight is 205 g/mol. The molecule has 0 aliphatic heterocycles. The number of hydrogen-bond acceptors (Lipinski definition) is 2. The number of aromatic nitrogens is 2. The van der Waals surface area contributed by atoms with Crippen molar-refractivity contribution in [3.63, 3.8) is 0 Å². The zero-order valence-corrected chi connectivity index (χ0v) is 9.42. The molecule has 1 heterocycles. The van der Waals surface area contributed by atoms with Crippen molar-refractivity contribution >= 4 is 5.82 Å². The molecule has 15 heavy (non-hydrogen) atoms. The third-order valence-electron chi connectivity index (χ3n) is 3.62. The fraction of sp³-hybridized carbons (Fsp3) is 0.750. The minimum atomic E-state index is 0.922. The average Bonchev–Trinajstić information content (AvgIpc) is 3.03. The fourth-order valence-corrected chi connectivity index (χ4v) is 2.48. The van der Waals surface area contributed by atoms with E-state index in [0.29, 0.717) is 0 Å². The summed E-state index contributed by atoms with van der Waals surface area (Å²) in [7, 11) is 2.08. The van der Waals surface area contributed by atoms with Crippen molar-refractivity contribution < 1.29 is 0 Å². The Hall–Kier alpha value is -0.990. The Morgan fingerprint density at radius 2 is 2.13 bits per heavy atom. The summed E-state index contributed by atoms with van der Waals surface area (Å²) in [5, 5.41) is 8.12. The van der Waals surface area contributed by atoms with Gasteiger partial charge in [-0.1, -0.05) is 0 Å². The number of rotatable bonds is 3. The molecule has 3 heteroatoms. The summed E-state index contributed by atoms with van der Waals surface area (Å²) in [6.07, 6.45) is 7.90. The van der Waals surface area contributed by atoms with Crippen LogP contribution in [0.25, 0.3) is 0 Å². The number of hydrogen-bond donors (Lipinski definition) is 1. The lowest BCUT2D eigenvalue weighted by Crippen LogP contribution is -2.08. The molecule has 0 bridgehead atoms. The van der Waals surface area contributed by atoms with Crippen LogP contribution in [0.3, 0.4) is 0 Å². The SMILES string of the molecule is Cn1nc(NCC2CC2)c2c1CCCC2. The largest absolute Gasteiger partial charge is 0.368 e. The topological polar surface area (TPSA) is 29.9 Å². The first-order valence-electron chi connectivity index (χ1n) is 6.13. The highest BCUT2D eigenvalue weighted by Gasteiger charge is 2.23. The Labute approximate surface area is 90.9 Å². The van der Waals surface area contributed by atoms with Crippen molar-refractivity contribution in [2.24, 2.45) is 13.0 Å². The zero-order valence-electron chi connectivity index (χ0n) is 9.42. The Morgan fingerprint density at radius 3 is 2.93 bits per heavy atom. The third kappa shape index (κ3) is 1.75.